The van der Waals surface area contributed by atoms with Crippen molar-refractivity contribution in [2.24, 2.45) is 0 Å². The molecule has 1 amide bonds. The van der Waals surface area contributed by atoms with E-state index >= 15 is 0 Å². The van der Waals surface area contributed by atoms with E-state index in [1.807, 2.05) is 64.3 Å². The van der Waals surface area contributed by atoms with Gasteiger partial charge in [0.1, 0.15) is 17.2 Å². The fraction of sp³-hybridized carbons (Fsp3) is 0.318. The van der Waals surface area contributed by atoms with E-state index in [0.29, 0.717) is 19.7 Å². The fourth-order valence-electron chi connectivity index (χ4n) is 4.22. The molecule has 1 aromatic heterocycles. The van der Waals surface area contributed by atoms with E-state index in [2.05, 4.69) is 10.3 Å². The van der Waals surface area contributed by atoms with Crippen molar-refractivity contribution in [2.45, 2.75) is 25.0 Å². The van der Waals surface area contributed by atoms with Crippen molar-refractivity contribution in [1.82, 2.24) is 19.9 Å². The summed E-state index contributed by atoms with van der Waals surface area (Å²) in [5, 5.41) is 8.36. The second-order valence-corrected chi connectivity index (χ2v) is 7.46. The number of fused-ring (bicyclic) bond motifs is 2. The molecule has 1 atom stereocenters. The summed E-state index contributed by atoms with van der Waals surface area (Å²) < 4.78 is 13.0. The summed E-state index contributed by atoms with van der Waals surface area (Å²) in [6, 6.07) is 15.7. The van der Waals surface area contributed by atoms with E-state index in [1.165, 1.54) is 0 Å². The van der Waals surface area contributed by atoms with Gasteiger partial charge in [0.05, 0.1) is 24.8 Å². The minimum Gasteiger partial charge on any atom is -0.457 e. The number of hydrogen-bond acceptors (Lipinski definition) is 5. The van der Waals surface area contributed by atoms with Crippen LogP contribution in [0.25, 0.3) is 0 Å². The number of ether oxygens (including phenoxy) is 2. The smallest absolute Gasteiger partial charge is 0.234 e. The zero-order chi connectivity index (χ0) is 19.8. The summed E-state index contributed by atoms with van der Waals surface area (Å²) in [7, 11) is 1.64. The van der Waals surface area contributed by atoms with E-state index < -0.39 is 0 Å². The van der Waals surface area contributed by atoms with Gasteiger partial charge in [-0.3, -0.25) is 4.79 Å². The Hall–Kier alpha value is -3.19. The molecule has 1 saturated heterocycles. The molecular weight excluding hydrogens is 368 g/mol. The molecule has 2 aliphatic rings. The van der Waals surface area contributed by atoms with Gasteiger partial charge in [-0.05, 0) is 18.6 Å². The Kier molecular flexibility index (Phi) is 4.52. The summed E-state index contributed by atoms with van der Waals surface area (Å²) in [4.78, 5) is 15.6. The number of hydrogen-bond donors (Lipinski definition) is 0. The topological polar surface area (TPSA) is 69.5 Å². The Morgan fingerprint density at radius 3 is 2.52 bits per heavy atom. The van der Waals surface area contributed by atoms with Crippen LogP contribution in [0.4, 0.5) is 0 Å². The van der Waals surface area contributed by atoms with Gasteiger partial charge >= 0.3 is 0 Å². The lowest BCUT2D eigenvalue weighted by molar-refractivity contribution is -0.131. The third-order valence-corrected chi connectivity index (χ3v) is 5.63. The molecule has 148 valence electrons. The van der Waals surface area contributed by atoms with Crippen LogP contribution in [0.5, 0.6) is 11.5 Å². The van der Waals surface area contributed by atoms with Gasteiger partial charge in [-0.25, -0.2) is 4.68 Å². The van der Waals surface area contributed by atoms with Crippen molar-refractivity contribution >= 4 is 5.91 Å². The van der Waals surface area contributed by atoms with Crippen LogP contribution in [0.1, 0.15) is 35.2 Å². The molecule has 0 N–H and O–H groups in total. The SMILES string of the molecule is COCc1cn([C@@H]2CCN(C(=O)C3c4ccccc4Oc4ccccc43)C2)nn1. The molecule has 3 aromatic rings. The minimum absolute atomic E-state index is 0.105. The molecule has 0 unspecified atom stereocenters. The third-order valence-electron chi connectivity index (χ3n) is 5.63. The Morgan fingerprint density at radius 1 is 1.14 bits per heavy atom. The zero-order valence-corrected chi connectivity index (χ0v) is 16.2. The standard InChI is InChI=1S/C22H22N4O3/c1-28-14-15-12-26(24-23-15)16-10-11-25(13-16)22(27)21-17-6-2-4-8-19(17)29-20-9-5-3-7-18(20)21/h2-9,12,16,21H,10-11,13-14H2,1H3/t16-/m1/s1. The van der Waals surface area contributed by atoms with Gasteiger partial charge in [-0.15, -0.1) is 5.10 Å². The van der Waals surface area contributed by atoms with Gasteiger partial charge in [0.2, 0.25) is 5.91 Å². The van der Waals surface area contributed by atoms with Crippen molar-refractivity contribution in [1.29, 1.82) is 0 Å². The molecule has 0 aliphatic carbocycles. The molecule has 0 saturated carbocycles. The molecular formula is C22H22N4O3. The number of amides is 1. The first kappa shape index (κ1) is 17.9. The number of methoxy groups -OCH3 is 1. The fourth-order valence-corrected chi connectivity index (χ4v) is 4.22. The molecule has 2 aliphatic heterocycles. The second kappa shape index (κ2) is 7.33. The third kappa shape index (κ3) is 3.17. The molecule has 0 spiro atoms. The molecule has 5 rings (SSSR count). The monoisotopic (exact) mass is 390 g/mol. The van der Waals surface area contributed by atoms with Crippen molar-refractivity contribution in [3.05, 3.63) is 71.5 Å². The molecule has 29 heavy (non-hydrogen) atoms. The normalized spacial score (nSPS) is 18.2. The lowest BCUT2D eigenvalue weighted by Gasteiger charge is -2.30. The number of carbonyl (C=O) groups is 1. The Labute approximate surface area is 168 Å². The van der Waals surface area contributed by atoms with Crippen LogP contribution in [0, 0.1) is 0 Å². The van der Waals surface area contributed by atoms with Gasteiger partial charge in [0.25, 0.3) is 0 Å². The minimum atomic E-state index is -0.352. The molecule has 0 radical (unpaired) electrons. The predicted molar refractivity (Wildman–Crippen MR) is 106 cm³/mol. The predicted octanol–water partition coefficient (Wildman–Crippen LogP) is 3.14. The lowest BCUT2D eigenvalue weighted by Crippen LogP contribution is -2.35. The number of benzene rings is 2. The number of nitrogens with zero attached hydrogens (tertiary/aromatic N) is 4. The van der Waals surface area contributed by atoms with Crippen LogP contribution in [0.15, 0.2) is 54.7 Å². The largest absolute Gasteiger partial charge is 0.457 e. The number of aromatic nitrogens is 3. The number of likely N-dealkylation sites (tertiary alicyclic amines) is 1. The molecule has 1 fully saturated rings. The van der Waals surface area contributed by atoms with E-state index in [4.69, 9.17) is 9.47 Å². The average Bonchev–Trinajstić information content (AvgIpc) is 3.41. The lowest BCUT2D eigenvalue weighted by atomic mass is 9.87. The molecule has 7 heteroatoms. The van der Waals surface area contributed by atoms with Crippen LogP contribution >= 0.6 is 0 Å². The van der Waals surface area contributed by atoms with Gasteiger partial charge in [0, 0.05) is 31.3 Å². The Balaban J connectivity index is 1.41. The van der Waals surface area contributed by atoms with Gasteiger partial charge < -0.3 is 14.4 Å². The second-order valence-electron chi connectivity index (χ2n) is 7.46. The summed E-state index contributed by atoms with van der Waals surface area (Å²) in [5.74, 6) is 1.25. The van der Waals surface area contributed by atoms with E-state index in [0.717, 1.165) is 34.7 Å². The maximum Gasteiger partial charge on any atom is 0.234 e. The van der Waals surface area contributed by atoms with Crippen molar-refractivity contribution in [2.75, 3.05) is 20.2 Å². The van der Waals surface area contributed by atoms with Crippen LogP contribution in [-0.4, -0.2) is 46.0 Å². The first-order valence-electron chi connectivity index (χ1n) is 9.78. The number of para-hydroxylation sites is 2. The average molecular weight is 390 g/mol. The van der Waals surface area contributed by atoms with Crippen molar-refractivity contribution in [3.8, 4) is 11.5 Å². The van der Waals surface area contributed by atoms with Crippen LogP contribution in [0.3, 0.4) is 0 Å². The van der Waals surface area contributed by atoms with E-state index in [-0.39, 0.29) is 17.9 Å². The molecule has 0 bridgehead atoms. The van der Waals surface area contributed by atoms with Crippen LogP contribution < -0.4 is 4.74 Å². The number of carbonyl (C=O) groups excluding carboxylic acids is 1. The Bertz CT molecular complexity index is 1000. The molecule has 2 aromatic carbocycles. The highest BCUT2D eigenvalue weighted by Crippen LogP contribution is 2.45. The van der Waals surface area contributed by atoms with Gasteiger partial charge in [-0.2, -0.15) is 0 Å². The summed E-state index contributed by atoms with van der Waals surface area (Å²) in [5.41, 5.74) is 2.63. The first-order valence-corrected chi connectivity index (χ1v) is 9.78. The summed E-state index contributed by atoms with van der Waals surface area (Å²) in [6.45, 7) is 1.76. The molecule has 7 nitrogen and oxygen atoms in total. The number of rotatable bonds is 4. The quantitative estimate of drug-likeness (QED) is 0.685. The van der Waals surface area contributed by atoms with Crippen molar-refractivity contribution in [3.63, 3.8) is 0 Å². The Morgan fingerprint density at radius 2 is 1.83 bits per heavy atom. The molecule has 3 heterocycles. The van der Waals surface area contributed by atoms with Crippen LogP contribution in [0.2, 0.25) is 0 Å². The van der Waals surface area contributed by atoms with Crippen LogP contribution in [-0.2, 0) is 16.1 Å². The van der Waals surface area contributed by atoms with Gasteiger partial charge in [0.15, 0.2) is 0 Å². The highest BCUT2D eigenvalue weighted by molar-refractivity contribution is 5.90. The highest BCUT2D eigenvalue weighted by atomic mass is 16.5. The maximum absolute atomic E-state index is 13.6. The zero-order valence-electron chi connectivity index (χ0n) is 16.2. The summed E-state index contributed by atoms with van der Waals surface area (Å²) >= 11 is 0. The van der Waals surface area contributed by atoms with E-state index in [9.17, 15) is 4.79 Å². The summed E-state index contributed by atoms with van der Waals surface area (Å²) in [6.07, 6.45) is 2.76. The van der Waals surface area contributed by atoms with Gasteiger partial charge in [-0.1, -0.05) is 41.6 Å². The highest BCUT2D eigenvalue weighted by Gasteiger charge is 2.38. The van der Waals surface area contributed by atoms with E-state index in [1.54, 1.807) is 7.11 Å². The maximum atomic E-state index is 13.6. The first-order chi connectivity index (χ1) is 14.2. The van der Waals surface area contributed by atoms with Crippen molar-refractivity contribution < 1.29 is 14.3 Å².